The van der Waals surface area contributed by atoms with Gasteiger partial charge in [0, 0.05) is 18.9 Å². The number of hydrogen-bond acceptors (Lipinski definition) is 2. The van der Waals surface area contributed by atoms with E-state index in [1.54, 1.807) is 0 Å². The summed E-state index contributed by atoms with van der Waals surface area (Å²) in [7, 11) is 0. The third-order valence-electron chi connectivity index (χ3n) is 4.31. The van der Waals surface area contributed by atoms with Crippen molar-refractivity contribution < 1.29 is 14.7 Å². The lowest BCUT2D eigenvalue weighted by Gasteiger charge is -2.13. The van der Waals surface area contributed by atoms with Crippen LogP contribution in [0.1, 0.15) is 39.0 Å². The van der Waals surface area contributed by atoms with Gasteiger partial charge in [0.05, 0.1) is 0 Å². The maximum atomic E-state index is 11.9. The molecule has 17 heavy (non-hydrogen) atoms. The smallest absolute Gasteiger partial charge is 0.303 e. The van der Waals surface area contributed by atoms with Crippen molar-refractivity contribution in [1.29, 1.82) is 0 Å². The summed E-state index contributed by atoms with van der Waals surface area (Å²) in [6, 6.07) is 0. The van der Waals surface area contributed by atoms with Gasteiger partial charge in [0.1, 0.15) is 0 Å². The predicted molar refractivity (Wildman–Crippen MR) is 63.4 cm³/mol. The second-order valence-corrected chi connectivity index (χ2v) is 5.40. The van der Waals surface area contributed by atoms with E-state index in [0.29, 0.717) is 18.4 Å². The molecule has 0 bridgehead atoms. The van der Waals surface area contributed by atoms with Crippen molar-refractivity contribution in [3.63, 3.8) is 0 Å². The average molecular weight is 239 g/mol. The number of aliphatic carboxylic acids is 1. The van der Waals surface area contributed by atoms with Gasteiger partial charge < -0.3 is 10.4 Å². The molecule has 2 N–H and O–H groups in total. The van der Waals surface area contributed by atoms with Crippen LogP contribution in [0.2, 0.25) is 0 Å². The van der Waals surface area contributed by atoms with Crippen molar-refractivity contribution in [3.8, 4) is 0 Å². The van der Waals surface area contributed by atoms with Crippen molar-refractivity contribution >= 4 is 11.9 Å². The van der Waals surface area contributed by atoms with Crippen LogP contribution in [0.25, 0.3) is 0 Å². The maximum absolute atomic E-state index is 11.9. The quantitative estimate of drug-likeness (QED) is 0.740. The highest BCUT2D eigenvalue weighted by atomic mass is 16.4. The molecule has 2 aliphatic rings. The zero-order valence-electron chi connectivity index (χ0n) is 10.3. The van der Waals surface area contributed by atoms with Crippen LogP contribution in [0, 0.1) is 23.7 Å². The molecule has 0 aliphatic heterocycles. The van der Waals surface area contributed by atoms with E-state index in [2.05, 4.69) is 5.32 Å². The summed E-state index contributed by atoms with van der Waals surface area (Å²) < 4.78 is 0. The molecule has 2 fully saturated rings. The summed E-state index contributed by atoms with van der Waals surface area (Å²) in [6.07, 6.45) is 4.62. The zero-order valence-corrected chi connectivity index (χ0v) is 10.3. The van der Waals surface area contributed by atoms with Crippen molar-refractivity contribution in [2.24, 2.45) is 23.7 Å². The molecule has 0 heterocycles. The number of nitrogens with one attached hydrogen (secondary N) is 1. The molecule has 2 aliphatic carbocycles. The summed E-state index contributed by atoms with van der Waals surface area (Å²) in [5, 5.41) is 11.6. The Labute approximate surface area is 102 Å². The van der Waals surface area contributed by atoms with Gasteiger partial charge in [0.15, 0.2) is 0 Å². The fourth-order valence-electron chi connectivity index (χ4n) is 3.18. The van der Waals surface area contributed by atoms with Crippen molar-refractivity contribution in [3.05, 3.63) is 0 Å². The van der Waals surface area contributed by atoms with E-state index in [0.717, 1.165) is 6.42 Å². The normalized spacial score (nSPS) is 31.7. The molecule has 3 atom stereocenters. The van der Waals surface area contributed by atoms with E-state index in [1.807, 2.05) is 6.92 Å². The second kappa shape index (κ2) is 5.07. The average Bonchev–Trinajstić information content (AvgIpc) is 2.77. The van der Waals surface area contributed by atoms with Gasteiger partial charge >= 0.3 is 5.97 Å². The molecule has 0 saturated heterocycles. The van der Waals surface area contributed by atoms with E-state index >= 15 is 0 Å². The van der Waals surface area contributed by atoms with E-state index in [1.165, 1.54) is 19.3 Å². The Morgan fingerprint density at radius 2 is 2.00 bits per heavy atom. The highest BCUT2D eigenvalue weighted by molar-refractivity contribution is 5.82. The lowest BCUT2D eigenvalue weighted by Crippen LogP contribution is -2.32. The minimum Gasteiger partial charge on any atom is -0.481 e. The van der Waals surface area contributed by atoms with Crippen LogP contribution in [0.3, 0.4) is 0 Å². The number of carbonyl (C=O) groups is 2. The lowest BCUT2D eigenvalue weighted by molar-refractivity contribution is -0.138. The van der Waals surface area contributed by atoms with Gasteiger partial charge in [0.25, 0.3) is 0 Å². The van der Waals surface area contributed by atoms with E-state index in [-0.39, 0.29) is 24.2 Å². The molecule has 2 saturated carbocycles. The maximum Gasteiger partial charge on any atom is 0.303 e. The summed E-state index contributed by atoms with van der Waals surface area (Å²) in [4.78, 5) is 22.5. The van der Waals surface area contributed by atoms with Crippen LogP contribution in [-0.4, -0.2) is 23.5 Å². The Morgan fingerprint density at radius 1 is 1.35 bits per heavy atom. The molecule has 2 rings (SSSR count). The fourth-order valence-corrected chi connectivity index (χ4v) is 3.18. The standard InChI is InChI=1S/C13H21NO3/c1-2-8(6-11(15)16)7-14-13(17)12-9-4-3-5-10(9)12/h8-10,12H,2-7H2,1H3,(H,14,17)(H,15,16). The molecular weight excluding hydrogens is 218 g/mol. The first-order valence-electron chi connectivity index (χ1n) is 6.63. The van der Waals surface area contributed by atoms with Crippen LogP contribution in [-0.2, 0) is 9.59 Å². The van der Waals surface area contributed by atoms with Crippen LogP contribution >= 0.6 is 0 Å². The predicted octanol–water partition coefficient (Wildman–Crippen LogP) is 1.65. The van der Waals surface area contributed by atoms with Crippen LogP contribution in [0.5, 0.6) is 0 Å². The zero-order chi connectivity index (χ0) is 12.4. The Balaban J connectivity index is 1.70. The van der Waals surface area contributed by atoms with Gasteiger partial charge in [0.2, 0.25) is 5.91 Å². The molecule has 96 valence electrons. The summed E-state index contributed by atoms with van der Waals surface area (Å²) in [5.74, 6) is 0.947. The molecule has 0 aromatic rings. The van der Waals surface area contributed by atoms with Gasteiger partial charge in [-0.1, -0.05) is 19.8 Å². The van der Waals surface area contributed by atoms with E-state index in [4.69, 9.17) is 5.11 Å². The number of hydrogen-bond donors (Lipinski definition) is 2. The number of carbonyl (C=O) groups excluding carboxylic acids is 1. The lowest BCUT2D eigenvalue weighted by atomic mass is 10.0. The van der Waals surface area contributed by atoms with Gasteiger partial charge in [-0.2, -0.15) is 0 Å². The first-order valence-corrected chi connectivity index (χ1v) is 6.63. The Hall–Kier alpha value is -1.06. The molecular formula is C13H21NO3. The minimum atomic E-state index is -0.783. The third-order valence-corrected chi connectivity index (χ3v) is 4.31. The Kier molecular flexibility index (Phi) is 3.69. The van der Waals surface area contributed by atoms with Crippen molar-refractivity contribution in [1.82, 2.24) is 5.32 Å². The van der Waals surface area contributed by atoms with Crippen molar-refractivity contribution in [2.75, 3.05) is 6.54 Å². The number of carboxylic acid groups (broad SMARTS) is 1. The second-order valence-electron chi connectivity index (χ2n) is 5.40. The van der Waals surface area contributed by atoms with Crippen LogP contribution < -0.4 is 5.32 Å². The monoisotopic (exact) mass is 239 g/mol. The van der Waals surface area contributed by atoms with Gasteiger partial charge in [-0.3, -0.25) is 9.59 Å². The highest BCUT2D eigenvalue weighted by Gasteiger charge is 2.56. The summed E-state index contributed by atoms with van der Waals surface area (Å²) >= 11 is 0. The van der Waals surface area contributed by atoms with Crippen LogP contribution in [0.15, 0.2) is 0 Å². The Bertz CT molecular complexity index is 306. The first kappa shape index (κ1) is 12.4. The van der Waals surface area contributed by atoms with E-state index in [9.17, 15) is 9.59 Å². The largest absolute Gasteiger partial charge is 0.481 e. The molecule has 1 amide bonds. The van der Waals surface area contributed by atoms with Gasteiger partial charge in [-0.15, -0.1) is 0 Å². The molecule has 0 aromatic carbocycles. The molecule has 4 nitrogen and oxygen atoms in total. The number of carboxylic acids is 1. The van der Waals surface area contributed by atoms with E-state index < -0.39 is 5.97 Å². The van der Waals surface area contributed by atoms with Gasteiger partial charge in [-0.25, -0.2) is 0 Å². The third kappa shape index (κ3) is 2.79. The highest BCUT2D eigenvalue weighted by Crippen LogP contribution is 2.57. The first-order chi connectivity index (χ1) is 8.13. The molecule has 0 radical (unpaired) electrons. The number of amides is 1. The SMILES string of the molecule is CCC(CNC(=O)C1C2CCCC21)CC(=O)O. The molecule has 3 unspecified atom stereocenters. The fraction of sp³-hybridized carbons (Fsp3) is 0.846. The van der Waals surface area contributed by atoms with Gasteiger partial charge in [-0.05, 0) is 30.6 Å². The van der Waals surface area contributed by atoms with Crippen LogP contribution in [0.4, 0.5) is 0 Å². The molecule has 0 aromatic heterocycles. The Morgan fingerprint density at radius 3 is 2.53 bits per heavy atom. The topological polar surface area (TPSA) is 66.4 Å². The summed E-state index contributed by atoms with van der Waals surface area (Å²) in [6.45, 7) is 2.48. The minimum absolute atomic E-state index is 0.0649. The number of rotatable bonds is 6. The molecule has 4 heteroatoms. The van der Waals surface area contributed by atoms with Crippen molar-refractivity contribution in [2.45, 2.75) is 39.0 Å². The number of fused-ring (bicyclic) bond motifs is 1. The summed E-state index contributed by atoms with van der Waals surface area (Å²) in [5.41, 5.74) is 0. The molecule has 0 spiro atoms.